The van der Waals surface area contributed by atoms with Gasteiger partial charge < -0.3 is 5.32 Å². The smallest absolute Gasteiger partial charge is 0.165 e. The van der Waals surface area contributed by atoms with Crippen molar-refractivity contribution < 1.29 is 0 Å². The molecule has 14 heavy (non-hydrogen) atoms. The Morgan fingerprint density at radius 2 is 2.57 bits per heavy atom. The molecule has 0 amide bonds. The van der Waals surface area contributed by atoms with E-state index in [9.17, 15) is 0 Å². The lowest BCUT2D eigenvalue weighted by Crippen LogP contribution is -2.17. The van der Waals surface area contributed by atoms with Crippen LogP contribution in [0.3, 0.4) is 0 Å². The van der Waals surface area contributed by atoms with Gasteiger partial charge in [0.1, 0.15) is 0 Å². The van der Waals surface area contributed by atoms with E-state index >= 15 is 0 Å². The van der Waals surface area contributed by atoms with Crippen LogP contribution in [0.25, 0.3) is 0 Å². The first-order valence-electron chi connectivity index (χ1n) is 4.87. The van der Waals surface area contributed by atoms with Crippen molar-refractivity contribution in [2.24, 2.45) is 5.92 Å². The molecule has 78 valence electrons. The molecule has 1 atom stereocenters. The zero-order chi connectivity index (χ0) is 9.80. The highest BCUT2D eigenvalue weighted by Gasteiger charge is 2.18. The quantitative estimate of drug-likeness (QED) is 0.771. The number of tetrazole rings is 1. The third-order valence-electron chi connectivity index (χ3n) is 2.40. The molecule has 5 nitrogen and oxygen atoms in total. The molecule has 1 aromatic heterocycles. The van der Waals surface area contributed by atoms with Gasteiger partial charge in [-0.25, -0.2) is 4.68 Å². The second-order valence-electron chi connectivity index (χ2n) is 3.54. The van der Waals surface area contributed by atoms with Crippen molar-refractivity contribution in [1.29, 1.82) is 0 Å². The molecule has 6 heteroatoms. The molecule has 2 rings (SSSR count). The summed E-state index contributed by atoms with van der Waals surface area (Å²) in [4.78, 5) is 0. The molecular weight excluding hydrogens is 198 g/mol. The first-order valence-corrected chi connectivity index (χ1v) is 6.03. The molecule has 1 unspecified atom stereocenters. The summed E-state index contributed by atoms with van der Waals surface area (Å²) in [6.07, 6.45) is 1.30. The first-order chi connectivity index (χ1) is 6.90. The average Bonchev–Trinajstić information content (AvgIpc) is 2.80. The Balaban J connectivity index is 1.96. The van der Waals surface area contributed by atoms with Gasteiger partial charge in [-0.1, -0.05) is 0 Å². The molecular formula is C8H15N5S. The fraction of sp³-hybridized carbons (Fsp3) is 0.875. The summed E-state index contributed by atoms with van der Waals surface area (Å²) in [5.41, 5.74) is 0. The molecule has 1 N–H and O–H groups in total. The van der Waals surface area contributed by atoms with Crippen LogP contribution < -0.4 is 5.32 Å². The number of hydrogen-bond acceptors (Lipinski definition) is 5. The maximum atomic E-state index is 4.00. The summed E-state index contributed by atoms with van der Waals surface area (Å²) in [6, 6.07) is 0. The Labute approximate surface area is 87.6 Å². The van der Waals surface area contributed by atoms with E-state index in [2.05, 4.69) is 20.8 Å². The minimum Gasteiger partial charge on any atom is -0.313 e. The van der Waals surface area contributed by atoms with Crippen molar-refractivity contribution in [3.63, 3.8) is 0 Å². The van der Waals surface area contributed by atoms with Gasteiger partial charge >= 0.3 is 0 Å². The minimum absolute atomic E-state index is 0.743. The maximum Gasteiger partial charge on any atom is 0.165 e. The van der Waals surface area contributed by atoms with Crippen LogP contribution in [0.1, 0.15) is 12.2 Å². The second-order valence-corrected chi connectivity index (χ2v) is 4.69. The van der Waals surface area contributed by atoms with Gasteiger partial charge in [-0.3, -0.25) is 0 Å². The number of hydrogen-bond donors (Lipinski definition) is 1. The third-order valence-corrected chi connectivity index (χ3v) is 3.63. The predicted octanol–water partition coefficient (Wildman–Crippen LogP) is 0.146. The normalized spacial score (nSPS) is 21.6. The summed E-state index contributed by atoms with van der Waals surface area (Å²) < 4.78 is 1.92. The van der Waals surface area contributed by atoms with Gasteiger partial charge in [0.05, 0.1) is 6.54 Å². The van der Waals surface area contributed by atoms with Gasteiger partial charge in [-0.2, -0.15) is 11.8 Å². The van der Waals surface area contributed by atoms with Crippen molar-refractivity contribution in [2.45, 2.75) is 19.5 Å². The van der Waals surface area contributed by atoms with Crippen LogP contribution in [-0.4, -0.2) is 38.8 Å². The molecule has 0 saturated carbocycles. The van der Waals surface area contributed by atoms with E-state index in [0.717, 1.165) is 24.8 Å². The van der Waals surface area contributed by atoms with Crippen LogP contribution in [-0.2, 0) is 13.1 Å². The summed E-state index contributed by atoms with van der Waals surface area (Å²) in [7, 11) is 1.91. The number of aromatic nitrogens is 4. The molecule has 1 aliphatic heterocycles. The average molecular weight is 213 g/mol. The Hall–Kier alpha value is -0.620. The van der Waals surface area contributed by atoms with E-state index in [1.54, 1.807) is 0 Å². The molecule has 0 aliphatic carbocycles. The lowest BCUT2D eigenvalue weighted by atomic mass is 10.1. The van der Waals surface area contributed by atoms with Gasteiger partial charge in [-0.15, -0.1) is 5.10 Å². The van der Waals surface area contributed by atoms with Crippen LogP contribution >= 0.6 is 11.8 Å². The highest BCUT2D eigenvalue weighted by Crippen LogP contribution is 2.24. The highest BCUT2D eigenvalue weighted by atomic mass is 32.2. The summed E-state index contributed by atoms with van der Waals surface area (Å²) in [6.45, 7) is 1.71. The predicted molar refractivity (Wildman–Crippen MR) is 56.0 cm³/mol. The van der Waals surface area contributed by atoms with E-state index < -0.39 is 0 Å². The van der Waals surface area contributed by atoms with Crippen molar-refractivity contribution in [2.75, 3.05) is 18.6 Å². The van der Waals surface area contributed by atoms with Crippen molar-refractivity contribution in [3.8, 4) is 0 Å². The van der Waals surface area contributed by atoms with E-state index in [1.807, 2.05) is 23.5 Å². The van der Waals surface area contributed by atoms with Crippen LogP contribution in [0.15, 0.2) is 0 Å². The first kappa shape index (κ1) is 9.92. The largest absolute Gasteiger partial charge is 0.313 e. The molecule has 0 aromatic carbocycles. The van der Waals surface area contributed by atoms with Crippen LogP contribution in [0.2, 0.25) is 0 Å². The van der Waals surface area contributed by atoms with Gasteiger partial charge in [0.15, 0.2) is 5.82 Å². The lowest BCUT2D eigenvalue weighted by molar-refractivity contribution is 0.435. The highest BCUT2D eigenvalue weighted by molar-refractivity contribution is 7.99. The molecule has 1 saturated heterocycles. The molecule has 2 heterocycles. The van der Waals surface area contributed by atoms with Gasteiger partial charge in [-0.05, 0) is 41.3 Å². The minimum atomic E-state index is 0.743. The van der Waals surface area contributed by atoms with E-state index in [0.29, 0.717) is 0 Å². The number of nitrogens with zero attached hydrogens (tertiary/aromatic N) is 4. The number of rotatable bonds is 4. The monoisotopic (exact) mass is 213 g/mol. The molecule has 0 bridgehead atoms. The van der Waals surface area contributed by atoms with Gasteiger partial charge in [0, 0.05) is 6.54 Å². The van der Waals surface area contributed by atoms with Gasteiger partial charge in [0.2, 0.25) is 0 Å². The summed E-state index contributed by atoms with van der Waals surface area (Å²) >= 11 is 2.03. The van der Waals surface area contributed by atoms with Crippen LogP contribution in [0, 0.1) is 5.92 Å². The van der Waals surface area contributed by atoms with E-state index in [4.69, 9.17) is 0 Å². The SMILES string of the molecule is CNCc1nnnn1CC1CCSC1. The summed E-state index contributed by atoms with van der Waals surface area (Å²) in [5, 5.41) is 14.8. The van der Waals surface area contributed by atoms with E-state index in [1.165, 1.54) is 17.9 Å². The van der Waals surface area contributed by atoms with Crippen LogP contribution in [0.4, 0.5) is 0 Å². The zero-order valence-electron chi connectivity index (χ0n) is 8.31. The summed E-state index contributed by atoms with van der Waals surface area (Å²) in [5.74, 6) is 4.22. The standard InChI is InChI=1S/C8H15N5S/c1-9-4-8-10-11-12-13(8)5-7-2-3-14-6-7/h7,9H,2-6H2,1H3. The zero-order valence-corrected chi connectivity index (χ0v) is 9.13. The topological polar surface area (TPSA) is 55.6 Å². The molecule has 0 radical (unpaired) electrons. The Bertz CT molecular complexity index is 281. The maximum absolute atomic E-state index is 4.00. The number of thioether (sulfide) groups is 1. The van der Waals surface area contributed by atoms with Crippen molar-refractivity contribution in [1.82, 2.24) is 25.5 Å². The molecule has 1 aliphatic rings. The molecule has 1 fully saturated rings. The fourth-order valence-electron chi connectivity index (χ4n) is 1.62. The van der Waals surface area contributed by atoms with Crippen molar-refractivity contribution >= 4 is 11.8 Å². The van der Waals surface area contributed by atoms with E-state index in [-0.39, 0.29) is 0 Å². The Morgan fingerprint density at radius 1 is 1.64 bits per heavy atom. The lowest BCUT2D eigenvalue weighted by Gasteiger charge is -2.08. The second kappa shape index (κ2) is 4.75. The molecule has 0 spiro atoms. The number of nitrogens with one attached hydrogen (secondary N) is 1. The van der Waals surface area contributed by atoms with Gasteiger partial charge in [0.25, 0.3) is 0 Å². The Kier molecular flexibility index (Phi) is 3.36. The fourth-order valence-corrected chi connectivity index (χ4v) is 2.89. The third kappa shape index (κ3) is 2.24. The van der Waals surface area contributed by atoms with Crippen molar-refractivity contribution in [3.05, 3.63) is 5.82 Å². The van der Waals surface area contributed by atoms with Crippen LogP contribution in [0.5, 0.6) is 0 Å². The Morgan fingerprint density at radius 3 is 3.29 bits per heavy atom. The molecule has 1 aromatic rings.